The lowest BCUT2D eigenvalue weighted by Gasteiger charge is -2.23. The number of hydrogen-bond donors (Lipinski definition) is 2. The van der Waals surface area contributed by atoms with Gasteiger partial charge in [0.25, 0.3) is 0 Å². The zero-order valence-corrected chi connectivity index (χ0v) is 8.66. The lowest BCUT2D eigenvalue weighted by molar-refractivity contribution is -0.0352. The minimum Gasteiger partial charge on any atom is -0.390 e. The third kappa shape index (κ3) is 2.64. The van der Waals surface area contributed by atoms with Gasteiger partial charge < -0.3 is 15.2 Å². The van der Waals surface area contributed by atoms with Crippen molar-refractivity contribution in [3.8, 4) is 0 Å². The Kier molecular flexibility index (Phi) is 4.12. The van der Waals surface area contributed by atoms with E-state index in [0.29, 0.717) is 6.54 Å². The summed E-state index contributed by atoms with van der Waals surface area (Å²) >= 11 is 0. The smallest absolute Gasteiger partial charge is 0.107 e. The van der Waals surface area contributed by atoms with E-state index in [1.165, 1.54) is 0 Å². The molecule has 2 N–H and O–H groups in total. The standard InChI is InChI=1S/C9H20N2O2/c1-4-13-7(2)11-5-8(10-3)9(12)6-11/h7-10,12H,4-6H2,1-3H3/t7?,8-,9+/m0/s1. The molecule has 1 aliphatic heterocycles. The predicted molar refractivity (Wildman–Crippen MR) is 51.5 cm³/mol. The van der Waals surface area contributed by atoms with Gasteiger partial charge in [0, 0.05) is 25.7 Å². The summed E-state index contributed by atoms with van der Waals surface area (Å²) in [6.07, 6.45) is -0.161. The van der Waals surface area contributed by atoms with Crippen LogP contribution in [0.1, 0.15) is 13.8 Å². The molecule has 0 aromatic carbocycles. The SMILES string of the molecule is CCOC(C)N1C[C@@H](O)[C@@H](NC)C1. The van der Waals surface area contributed by atoms with Gasteiger partial charge in [-0.25, -0.2) is 0 Å². The summed E-state index contributed by atoms with van der Waals surface area (Å²) in [6.45, 7) is 6.29. The van der Waals surface area contributed by atoms with E-state index in [9.17, 15) is 5.11 Å². The Balaban J connectivity index is 2.38. The fourth-order valence-electron chi connectivity index (χ4n) is 1.74. The van der Waals surface area contributed by atoms with E-state index >= 15 is 0 Å². The molecule has 0 aromatic heterocycles. The first kappa shape index (κ1) is 10.9. The monoisotopic (exact) mass is 188 g/mol. The van der Waals surface area contributed by atoms with Gasteiger partial charge in [0.15, 0.2) is 0 Å². The van der Waals surface area contributed by atoms with Gasteiger partial charge in [0.1, 0.15) is 6.23 Å². The van der Waals surface area contributed by atoms with Gasteiger partial charge in [-0.3, -0.25) is 4.90 Å². The molecule has 1 saturated heterocycles. The molecule has 1 aliphatic rings. The third-order valence-corrected chi connectivity index (χ3v) is 2.61. The highest BCUT2D eigenvalue weighted by molar-refractivity contribution is 4.88. The van der Waals surface area contributed by atoms with Crippen LogP contribution in [0.25, 0.3) is 0 Å². The Labute approximate surface area is 79.9 Å². The molecule has 0 aromatic rings. The molecule has 78 valence electrons. The lowest BCUT2D eigenvalue weighted by Crippen LogP contribution is -2.37. The van der Waals surface area contributed by atoms with E-state index in [1.807, 2.05) is 20.9 Å². The van der Waals surface area contributed by atoms with Crippen LogP contribution in [-0.4, -0.2) is 55.1 Å². The second kappa shape index (κ2) is 4.91. The summed E-state index contributed by atoms with van der Waals surface area (Å²) in [5.41, 5.74) is 0. The van der Waals surface area contributed by atoms with Crippen molar-refractivity contribution < 1.29 is 9.84 Å². The van der Waals surface area contributed by atoms with Gasteiger partial charge >= 0.3 is 0 Å². The van der Waals surface area contributed by atoms with Crippen LogP contribution in [0.4, 0.5) is 0 Å². The van der Waals surface area contributed by atoms with Crippen LogP contribution in [0.3, 0.4) is 0 Å². The molecule has 0 saturated carbocycles. The van der Waals surface area contributed by atoms with Crippen LogP contribution in [0.15, 0.2) is 0 Å². The highest BCUT2D eigenvalue weighted by Gasteiger charge is 2.32. The van der Waals surface area contributed by atoms with E-state index in [4.69, 9.17) is 4.74 Å². The molecule has 4 nitrogen and oxygen atoms in total. The molecular weight excluding hydrogens is 168 g/mol. The summed E-state index contributed by atoms with van der Waals surface area (Å²) in [7, 11) is 1.88. The van der Waals surface area contributed by atoms with Crippen molar-refractivity contribution >= 4 is 0 Å². The second-order valence-electron chi connectivity index (χ2n) is 3.47. The maximum atomic E-state index is 9.62. The largest absolute Gasteiger partial charge is 0.390 e. The van der Waals surface area contributed by atoms with E-state index in [2.05, 4.69) is 10.2 Å². The van der Waals surface area contributed by atoms with Gasteiger partial charge in [-0.05, 0) is 20.9 Å². The minimum absolute atomic E-state index is 0.109. The highest BCUT2D eigenvalue weighted by Crippen LogP contribution is 2.13. The summed E-state index contributed by atoms with van der Waals surface area (Å²) in [4.78, 5) is 2.15. The number of nitrogens with one attached hydrogen (secondary N) is 1. The molecular formula is C9H20N2O2. The average molecular weight is 188 g/mol. The Morgan fingerprint density at radius 2 is 2.31 bits per heavy atom. The molecule has 3 atom stereocenters. The molecule has 0 amide bonds. The molecule has 1 rings (SSSR count). The molecule has 0 radical (unpaired) electrons. The summed E-state index contributed by atoms with van der Waals surface area (Å²) in [5, 5.41) is 12.7. The van der Waals surface area contributed by atoms with Gasteiger partial charge in [-0.1, -0.05) is 0 Å². The van der Waals surface area contributed by atoms with Crippen LogP contribution in [0.2, 0.25) is 0 Å². The van der Waals surface area contributed by atoms with Crippen LogP contribution in [-0.2, 0) is 4.74 Å². The number of rotatable bonds is 4. The van der Waals surface area contributed by atoms with Crippen LogP contribution >= 0.6 is 0 Å². The first-order valence-electron chi connectivity index (χ1n) is 4.90. The molecule has 13 heavy (non-hydrogen) atoms. The Morgan fingerprint density at radius 3 is 2.77 bits per heavy atom. The first-order valence-corrected chi connectivity index (χ1v) is 4.90. The zero-order valence-electron chi connectivity index (χ0n) is 8.66. The number of aliphatic hydroxyl groups excluding tert-OH is 1. The van der Waals surface area contributed by atoms with Crippen molar-refractivity contribution in [2.45, 2.75) is 32.2 Å². The molecule has 1 fully saturated rings. The van der Waals surface area contributed by atoms with Gasteiger partial charge in [0.2, 0.25) is 0 Å². The number of likely N-dealkylation sites (tertiary alicyclic amines) is 1. The van der Waals surface area contributed by atoms with Crippen LogP contribution < -0.4 is 5.32 Å². The van der Waals surface area contributed by atoms with E-state index in [1.54, 1.807) is 0 Å². The number of ether oxygens (including phenoxy) is 1. The first-order chi connectivity index (χ1) is 6.19. The fourth-order valence-corrected chi connectivity index (χ4v) is 1.74. The predicted octanol–water partition coefficient (Wildman–Crippen LogP) is -0.367. The Bertz CT molecular complexity index is 155. The minimum atomic E-state index is -0.270. The van der Waals surface area contributed by atoms with E-state index < -0.39 is 0 Å². The van der Waals surface area contributed by atoms with Crippen molar-refractivity contribution in [3.05, 3.63) is 0 Å². The number of aliphatic hydroxyl groups is 1. The summed E-state index contributed by atoms with van der Waals surface area (Å²) < 4.78 is 5.45. The van der Waals surface area contributed by atoms with Crippen molar-refractivity contribution in [3.63, 3.8) is 0 Å². The zero-order chi connectivity index (χ0) is 9.84. The number of likely N-dealkylation sites (N-methyl/N-ethyl adjacent to an activating group) is 1. The summed E-state index contributed by atoms with van der Waals surface area (Å²) in [6, 6.07) is 0.183. The van der Waals surface area contributed by atoms with Crippen molar-refractivity contribution in [1.29, 1.82) is 0 Å². The van der Waals surface area contributed by atoms with Gasteiger partial charge in [-0.15, -0.1) is 0 Å². The van der Waals surface area contributed by atoms with Crippen molar-refractivity contribution in [2.75, 3.05) is 26.7 Å². The van der Waals surface area contributed by atoms with Crippen molar-refractivity contribution in [2.24, 2.45) is 0 Å². The quantitative estimate of drug-likeness (QED) is 0.632. The molecule has 0 aliphatic carbocycles. The van der Waals surface area contributed by atoms with Gasteiger partial charge in [-0.2, -0.15) is 0 Å². The maximum absolute atomic E-state index is 9.62. The van der Waals surface area contributed by atoms with E-state index in [0.717, 1.165) is 13.2 Å². The normalized spacial score (nSPS) is 32.3. The molecule has 0 bridgehead atoms. The van der Waals surface area contributed by atoms with Crippen molar-refractivity contribution in [1.82, 2.24) is 10.2 Å². The lowest BCUT2D eigenvalue weighted by atomic mass is 10.2. The topological polar surface area (TPSA) is 44.7 Å². The second-order valence-corrected chi connectivity index (χ2v) is 3.47. The number of nitrogens with zero attached hydrogens (tertiary/aromatic N) is 1. The molecule has 1 heterocycles. The average Bonchev–Trinajstić information content (AvgIpc) is 2.47. The number of hydrogen-bond acceptors (Lipinski definition) is 4. The van der Waals surface area contributed by atoms with E-state index in [-0.39, 0.29) is 18.4 Å². The molecule has 1 unspecified atom stereocenters. The summed E-state index contributed by atoms with van der Waals surface area (Å²) in [5.74, 6) is 0. The molecule has 4 heteroatoms. The third-order valence-electron chi connectivity index (χ3n) is 2.61. The maximum Gasteiger partial charge on any atom is 0.107 e. The van der Waals surface area contributed by atoms with Gasteiger partial charge in [0.05, 0.1) is 6.10 Å². The number of β-amino-alcohol motifs (C(OH)–C–C–N with tert-alkyl or cyclic N) is 1. The Morgan fingerprint density at radius 1 is 1.62 bits per heavy atom. The Hall–Kier alpha value is -0.160. The fraction of sp³-hybridized carbons (Fsp3) is 1.00. The molecule has 0 spiro atoms. The highest BCUT2D eigenvalue weighted by atomic mass is 16.5. The van der Waals surface area contributed by atoms with Crippen LogP contribution in [0.5, 0.6) is 0 Å². The van der Waals surface area contributed by atoms with Crippen LogP contribution in [0, 0.1) is 0 Å².